The van der Waals surface area contributed by atoms with E-state index in [0.717, 1.165) is 5.56 Å². The van der Waals surface area contributed by atoms with E-state index in [1.807, 2.05) is 56.0 Å². The van der Waals surface area contributed by atoms with E-state index in [1.165, 1.54) is 0 Å². The quantitative estimate of drug-likeness (QED) is 0.724. The number of nitrogens with zero attached hydrogens (tertiary/aromatic N) is 1. The minimum atomic E-state index is -0.715. The Labute approximate surface area is 109 Å². The molecule has 0 aliphatic rings. The molecule has 18 heavy (non-hydrogen) atoms. The summed E-state index contributed by atoms with van der Waals surface area (Å²) in [5.74, 6) is -0.235. The Morgan fingerprint density at radius 3 is 2.50 bits per heavy atom. The normalized spacial score (nSPS) is 10.8. The second kappa shape index (κ2) is 6.24. The largest absolute Gasteiger partial charge is 0.464 e. The van der Waals surface area contributed by atoms with Crippen LogP contribution in [0.15, 0.2) is 43.1 Å². The molecule has 0 heterocycles. The van der Waals surface area contributed by atoms with Crippen molar-refractivity contribution in [2.75, 3.05) is 6.61 Å². The molecule has 0 radical (unpaired) electrons. The van der Waals surface area contributed by atoms with Gasteiger partial charge in [-0.05, 0) is 32.5 Å². The van der Waals surface area contributed by atoms with E-state index in [9.17, 15) is 4.79 Å². The topological polar surface area (TPSA) is 29.5 Å². The number of benzene rings is 1. The first-order chi connectivity index (χ1) is 8.52. The molecule has 98 valence electrons. The van der Waals surface area contributed by atoms with Gasteiger partial charge in [-0.3, -0.25) is 0 Å². The Morgan fingerprint density at radius 2 is 2.00 bits per heavy atom. The van der Waals surface area contributed by atoms with Gasteiger partial charge in [0.1, 0.15) is 5.54 Å². The van der Waals surface area contributed by atoms with Crippen LogP contribution in [0, 0.1) is 0 Å². The molecule has 1 aromatic rings. The van der Waals surface area contributed by atoms with E-state index < -0.39 is 5.54 Å². The van der Waals surface area contributed by atoms with Crippen molar-refractivity contribution in [1.82, 2.24) is 4.90 Å². The highest BCUT2D eigenvalue weighted by atomic mass is 16.5. The lowest BCUT2D eigenvalue weighted by Gasteiger charge is -2.35. The summed E-state index contributed by atoms with van der Waals surface area (Å²) < 4.78 is 5.10. The van der Waals surface area contributed by atoms with Crippen LogP contribution < -0.4 is 0 Å². The van der Waals surface area contributed by atoms with Crippen LogP contribution in [0.4, 0.5) is 0 Å². The van der Waals surface area contributed by atoms with E-state index in [4.69, 9.17) is 4.74 Å². The molecule has 0 amide bonds. The van der Waals surface area contributed by atoms with Crippen LogP contribution >= 0.6 is 0 Å². The van der Waals surface area contributed by atoms with Crippen molar-refractivity contribution in [2.24, 2.45) is 0 Å². The van der Waals surface area contributed by atoms with Gasteiger partial charge >= 0.3 is 5.97 Å². The second-order valence-corrected chi connectivity index (χ2v) is 4.58. The molecule has 3 nitrogen and oxygen atoms in total. The maximum Gasteiger partial charge on any atom is 0.331 e. The standard InChI is InChI=1S/C15H21NO2/c1-5-16(12-13-10-8-7-9-11-13)15(3,4)14(17)18-6-2/h5,7-11H,1,6,12H2,2-4H3. The third kappa shape index (κ3) is 3.36. The molecule has 1 rings (SSSR count). The van der Waals surface area contributed by atoms with Gasteiger partial charge in [0.25, 0.3) is 0 Å². The summed E-state index contributed by atoms with van der Waals surface area (Å²) in [6.07, 6.45) is 1.68. The molecule has 0 saturated heterocycles. The summed E-state index contributed by atoms with van der Waals surface area (Å²) in [6.45, 7) is 10.3. The van der Waals surface area contributed by atoms with E-state index in [1.54, 1.807) is 6.20 Å². The first-order valence-electron chi connectivity index (χ1n) is 6.12. The molecule has 0 aliphatic heterocycles. The van der Waals surface area contributed by atoms with E-state index in [2.05, 4.69) is 6.58 Å². The minimum absolute atomic E-state index is 0.235. The fraction of sp³-hybridized carbons (Fsp3) is 0.400. The summed E-state index contributed by atoms with van der Waals surface area (Å²) >= 11 is 0. The highest BCUT2D eigenvalue weighted by Crippen LogP contribution is 2.20. The van der Waals surface area contributed by atoms with E-state index in [-0.39, 0.29) is 5.97 Å². The van der Waals surface area contributed by atoms with Crippen molar-refractivity contribution in [1.29, 1.82) is 0 Å². The fourth-order valence-electron chi connectivity index (χ4n) is 1.70. The molecule has 0 bridgehead atoms. The third-order valence-corrected chi connectivity index (χ3v) is 2.91. The summed E-state index contributed by atoms with van der Waals surface area (Å²) in [6, 6.07) is 9.98. The molecule has 0 unspecified atom stereocenters. The van der Waals surface area contributed by atoms with Gasteiger partial charge in [0.05, 0.1) is 6.61 Å². The van der Waals surface area contributed by atoms with Crippen molar-refractivity contribution in [3.8, 4) is 0 Å². The number of carbonyl (C=O) groups is 1. The smallest absolute Gasteiger partial charge is 0.331 e. The van der Waals surface area contributed by atoms with Crippen molar-refractivity contribution in [3.05, 3.63) is 48.7 Å². The summed E-state index contributed by atoms with van der Waals surface area (Å²) in [7, 11) is 0. The molecule has 0 spiro atoms. The Morgan fingerprint density at radius 1 is 1.39 bits per heavy atom. The molecule has 1 aromatic carbocycles. The van der Waals surface area contributed by atoms with Crippen molar-refractivity contribution in [3.63, 3.8) is 0 Å². The Kier molecular flexibility index (Phi) is 4.95. The van der Waals surface area contributed by atoms with Gasteiger partial charge in [0, 0.05) is 6.54 Å². The van der Waals surface area contributed by atoms with Gasteiger partial charge in [-0.1, -0.05) is 36.9 Å². The first kappa shape index (κ1) is 14.3. The van der Waals surface area contributed by atoms with E-state index >= 15 is 0 Å². The zero-order valence-corrected chi connectivity index (χ0v) is 11.3. The van der Waals surface area contributed by atoms with Crippen LogP contribution in [0.25, 0.3) is 0 Å². The predicted octanol–water partition coefficient (Wildman–Crippen LogP) is 2.97. The molecule has 0 atom stereocenters. The Bertz CT molecular complexity index is 398. The maximum atomic E-state index is 11.9. The van der Waals surface area contributed by atoms with Crippen LogP contribution in [-0.4, -0.2) is 23.0 Å². The molecule has 0 aromatic heterocycles. The molecule has 0 N–H and O–H groups in total. The molecule has 0 aliphatic carbocycles. The van der Waals surface area contributed by atoms with Gasteiger partial charge in [-0.25, -0.2) is 4.79 Å². The van der Waals surface area contributed by atoms with Gasteiger partial charge in [0.2, 0.25) is 0 Å². The lowest BCUT2D eigenvalue weighted by molar-refractivity contribution is -0.154. The summed E-state index contributed by atoms with van der Waals surface area (Å²) in [5, 5.41) is 0. The highest BCUT2D eigenvalue weighted by Gasteiger charge is 2.34. The fourth-order valence-corrected chi connectivity index (χ4v) is 1.70. The third-order valence-electron chi connectivity index (χ3n) is 2.91. The van der Waals surface area contributed by atoms with Crippen molar-refractivity contribution >= 4 is 5.97 Å². The predicted molar refractivity (Wildman–Crippen MR) is 72.9 cm³/mol. The number of ether oxygens (including phenoxy) is 1. The maximum absolute atomic E-state index is 11.9. The monoisotopic (exact) mass is 247 g/mol. The van der Waals surface area contributed by atoms with Crippen LogP contribution in [0.3, 0.4) is 0 Å². The minimum Gasteiger partial charge on any atom is -0.464 e. The molecule has 0 fully saturated rings. The van der Waals surface area contributed by atoms with Crippen LogP contribution in [0.2, 0.25) is 0 Å². The number of esters is 1. The zero-order chi connectivity index (χ0) is 13.6. The Hall–Kier alpha value is -1.77. The highest BCUT2D eigenvalue weighted by molar-refractivity contribution is 5.80. The zero-order valence-electron chi connectivity index (χ0n) is 11.3. The van der Waals surface area contributed by atoms with Crippen LogP contribution in [0.5, 0.6) is 0 Å². The molecule has 0 saturated carbocycles. The number of hydrogen-bond acceptors (Lipinski definition) is 3. The number of carbonyl (C=O) groups excluding carboxylic acids is 1. The van der Waals surface area contributed by atoms with E-state index in [0.29, 0.717) is 13.2 Å². The average molecular weight is 247 g/mol. The van der Waals surface area contributed by atoms with Crippen LogP contribution in [-0.2, 0) is 16.1 Å². The molecular formula is C15H21NO2. The number of hydrogen-bond donors (Lipinski definition) is 0. The first-order valence-corrected chi connectivity index (χ1v) is 6.12. The summed E-state index contributed by atoms with van der Waals surface area (Å²) in [5.41, 5.74) is 0.419. The molecular weight excluding hydrogens is 226 g/mol. The summed E-state index contributed by atoms with van der Waals surface area (Å²) in [4.78, 5) is 13.8. The average Bonchev–Trinajstić information content (AvgIpc) is 2.37. The van der Waals surface area contributed by atoms with Gasteiger partial charge in [0.15, 0.2) is 0 Å². The lowest BCUT2D eigenvalue weighted by Crippen LogP contribution is -2.47. The second-order valence-electron chi connectivity index (χ2n) is 4.58. The Balaban J connectivity index is 2.82. The lowest BCUT2D eigenvalue weighted by atomic mass is 10.0. The van der Waals surface area contributed by atoms with Gasteiger partial charge in [-0.2, -0.15) is 0 Å². The molecule has 3 heteroatoms. The van der Waals surface area contributed by atoms with Crippen molar-refractivity contribution in [2.45, 2.75) is 32.9 Å². The van der Waals surface area contributed by atoms with Gasteiger partial charge in [-0.15, -0.1) is 0 Å². The SMILES string of the molecule is C=CN(Cc1ccccc1)C(C)(C)C(=O)OCC. The van der Waals surface area contributed by atoms with Crippen LogP contribution in [0.1, 0.15) is 26.3 Å². The van der Waals surface area contributed by atoms with Crippen molar-refractivity contribution < 1.29 is 9.53 Å². The van der Waals surface area contributed by atoms with Gasteiger partial charge < -0.3 is 9.64 Å². The number of rotatable bonds is 6.